The van der Waals surface area contributed by atoms with Gasteiger partial charge < -0.3 is 0 Å². The molecule has 98 valence electrons. The highest BCUT2D eigenvalue weighted by molar-refractivity contribution is 6.34. The molecule has 1 unspecified atom stereocenters. The van der Waals surface area contributed by atoms with Crippen LogP contribution in [0.4, 0.5) is 0 Å². The molecule has 1 aromatic carbocycles. The molecular weight excluding hydrogens is 215 g/mol. The van der Waals surface area contributed by atoms with E-state index < -0.39 is 0 Å². The second-order valence-corrected chi connectivity index (χ2v) is 7.60. The highest BCUT2D eigenvalue weighted by atomic mass is 14.3. The Bertz CT molecular complexity index is 430. The first-order valence-electron chi connectivity index (χ1n) is 6.85. The van der Waals surface area contributed by atoms with Crippen molar-refractivity contribution in [2.75, 3.05) is 0 Å². The molecule has 0 nitrogen and oxygen atoms in total. The van der Waals surface area contributed by atoms with Crippen molar-refractivity contribution in [1.82, 2.24) is 0 Å². The average Bonchev–Trinajstić information content (AvgIpc) is 2.17. The van der Waals surface area contributed by atoms with Crippen molar-refractivity contribution >= 4 is 13.3 Å². The lowest BCUT2D eigenvalue weighted by atomic mass is 9.67. The highest BCUT2D eigenvalue weighted by Crippen LogP contribution is 2.39. The first kappa shape index (κ1) is 15.3. The van der Waals surface area contributed by atoms with E-state index in [1.54, 1.807) is 0 Å². The van der Waals surface area contributed by atoms with E-state index in [2.05, 4.69) is 67.5 Å². The van der Waals surface area contributed by atoms with E-state index in [0.29, 0.717) is 5.92 Å². The quantitative estimate of drug-likeness (QED) is 0.646. The van der Waals surface area contributed by atoms with Crippen LogP contribution >= 0.6 is 0 Å². The molecule has 0 aliphatic heterocycles. The maximum absolute atomic E-state index is 6.35. The fraction of sp³-hybridized carbons (Fsp3) is 0.647. The first-order chi connectivity index (χ1) is 7.96. The number of hydrogen-bond acceptors (Lipinski definition) is 0. The Morgan fingerprint density at radius 1 is 1.00 bits per heavy atom. The Morgan fingerprint density at radius 2 is 1.50 bits per heavy atom. The molecule has 0 aliphatic carbocycles. The molecular formula is C17H27B. The largest absolute Gasteiger partial charge is 0.114 e. The zero-order valence-electron chi connectivity index (χ0n) is 13.3. The molecule has 0 aromatic heterocycles. The summed E-state index contributed by atoms with van der Waals surface area (Å²) in [5.41, 5.74) is 5.22. The zero-order chi connectivity index (χ0) is 14.3. The maximum atomic E-state index is 6.35. The van der Waals surface area contributed by atoms with Crippen LogP contribution in [0.1, 0.15) is 71.1 Å². The van der Waals surface area contributed by atoms with Gasteiger partial charge in [0.25, 0.3) is 0 Å². The molecule has 0 heterocycles. The molecule has 2 radical (unpaired) electrons. The van der Waals surface area contributed by atoms with Crippen molar-refractivity contribution in [3.05, 3.63) is 28.8 Å². The molecule has 0 saturated carbocycles. The van der Waals surface area contributed by atoms with Crippen molar-refractivity contribution < 1.29 is 0 Å². The van der Waals surface area contributed by atoms with E-state index >= 15 is 0 Å². The smallest absolute Gasteiger partial charge is 0.0899 e. The van der Waals surface area contributed by atoms with Crippen LogP contribution in [0, 0.1) is 12.3 Å². The molecule has 0 fully saturated rings. The van der Waals surface area contributed by atoms with Gasteiger partial charge in [0.2, 0.25) is 0 Å². The Labute approximate surface area is 115 Å². The monoisotopic (exact) mass is 242 g/mol. The van der Waals surface area contributed by atoms with Gasteiger partial charge >= 0.3 is 0 Å². The molecule has 1 aromatic rings. The molecule has 0 amide bonds. The van der Waals surface area contributed by atoms with Crippen LogP contribution in [0.25, 0.3) is 0 Å². The van der Waals surface area contributed by atoms with Crippen LogP contribution in [0.2, 0.25) is 0 Å². The molecule has 0 saturated heterocycles. The summed E-state index contributed by atoms with van der Waals surface area (Å²) >= 11 is 0. The average molecular weight is 242 g/mol. The Kier molecular flexibility index (Phi) is 4.05. The molecule has 0 bridgehead atoms. The van der Waals surface area contributed by atoms with Gasteiger partial charge in [-0.1, -0.05) is 71.6 Å². The third-order valence-electron chi connectivity index (χ3n) is 4.01. The van der Waals surface area contributed by atoms with Gasteiger partial charge in [-0.15, -0.1) is 0 Å². The molecule has 1 atom stereocenters. The molecule has 18 heavy (non-hydrogen) atoms. The summed E-state index contributed by atoms with van der Waals surface area (Å²) in [5, 5.41) is 0. The fourth-order valence-electron chi connectivity index (χ4n) is 2.40. The van der Waals surface area contributed by atoms with Gasteiger partial charge in [-0.3, -0.25) is 0 Å². The van der Waals surface area contributed by atoms with Crippen molar-refractivity contribution in [3.63, 3.8) is 0 Å². The van der Waals surface area contributed by atoms with E-state index in [1.807, 2.05) is 0 Å². The number of aryl methyl sites for hydroxylation is 1. The van der Waals surface area contributed by atoms with Gasteiger partial charge in [-0.25, -0.2) is 0 Å². The van der Waals surface area contributed by atoms with Gasteiger partial charge in [0.15, 0.2) is 0 Å². The summed E-state index contributed by atoms with van der Waals surface area (Å²) in [5.74, 6) is 0.495. The van der Waals surface area contributed by atoms with E-state index in [9.17, 15) is 0 Å². The third kappa shape index (κ3) is 2.99. The fourth-order valence-corrected chi connectivity index (χ4v) is 2.40. The van der Waals surface area contributed by atoms with E-state index in [0.717, 1.165) is 5.46 Å². The van der Waals surface area contributed by atoms with Crippen molar-refractivity contribution in [1.29, 1.82) is 0 Å². The number of rotatable bonds is 1. The summed E-state index contributed by atoms with van der Waals surface area (Å²) in [7, 11) is 6.35. The normalized spacial score (nSPS) is 14.7. The lowest BCUT2D eigenvalue weighted by molar-refractivity contribution is 0.335. The predicted octanol–water partition coefficient (Wildman–Crippen LogP) is 4.24. The maximum Gasteiger partial charge on any atom is 0.114 e. The van der Waals surface area contributed by atoms with Gasteiger partial charge in [0, 0.05) is 0 Å². The van der Waals surface area contributed by atoms with Crippen LogP contribution in [-0.2, 0) is 5.41 Å². The summed E-state index contributed by atoms with van der Waals surface area (Å²) in [6.07, 6.45) is 0. The zero-order valence-corrected chi connectivity index (χ0v) is 13.3. The number of hydrogen-bond donors (Lipinski definition) is 0. The van der Waals surface area contributed by atoms with Crippen molar-refractivity contribution in [3.8, 4) is 0 Å². The molecule has 0 N–H and O–H groups in total. The summed E-state index contributed by atoms with van der Waals surface area (Å²) in [6.45, 7) is 18.0. The van der Waals surface area contributed by atoms with E-state index in [-0.39, 0.29) is 10.8 Å². The van der Waals surface area contributed by atoms with Crippen molar-refractivity contribution in [2.45, 2.75) is 66.7 Å². The van der Waals surface area contributed by atoms with Gasteiger partial charge in [-0.2, -0.15) is 0 Å². The van der Waals surface area contributed by atoms with Crippen LogP contribution in [-0.4, -0.2) is 7.85 Å². The van der Waals surface area contributed by atoms with Crippen LogP contribution in [0.15, 0.2) is 12.1 Å². The topological polar surface area (TPSA) is 0 Å². The molecule has 1 heteroatoms. The Hall–Kier alpha value is -0.715. The first-order valence-corrected chi connectivity index (χ1v) is 6.85. The van der Waals surface area contributed by atoms with E-state index in [1.165, 1.54) is 16.7 Å². The summed E-state index contributed by atoms with van der Waals surface area (Å²) < 4.78 is 0. The summed E-state index contributed by atoms with van der Waals surface area (Å²) in [4.78, 5) is 0. The predicted molar refractivity (Wildman–Crippen MR) is 83.1 cm³/mol. The minimum absolute atomic E-state index is 0.0882. The standard InChI is InChI=1S/C17H27B/c1-11-9-10-13(12(2)16(3,4)5)14(15(11)18)17(6,7)8/h9-10,12H,1-8H3. The van der Waals surface area contributed by atoms with Gasteiger partial charge in [0.1, 0.15) is 7.85 Å². The minimum atomic E-state index is 0.0882. The Morgan fingerprint density at radius 3 is 1.89 bits per heavy atom. The van der Waals surface area contributed by atoms with Crippen LogP contribution in [0.3, 0.4) is 0 Å². The molecule has 1 rings (SSSR count). The van der Waals surface area contributed by atoms with Crippen LogP contribution in [0.5, 0.6) is 0 Å². The number of benzene rings is 1. The lowest BCUT2D eigenvalue weighted by Gasteiger charge is -2.35. The van der Waals surface area contributed by atoms with Gasteiger partial charge in [-0.05, 0) is 34.8 Å². The second-order valence-electron chi connectivity index (χ2n) is 7.60. The molecule has 0 spiro atoms. The van der Waals surface area contributed by atoms with Crippen LogP contribution < -0.4 is 5.46 Å². The van der Waals surface area contributed by atoms with Gasteiger partial charge in [0.05, 0.1) is 0 Å². The minimum Gasteiger partial charge on any atom is -0.0899 e. The third-order valence-corrected chi connectivity index (χ3v) is 4.01. The van der Waals surface area contributed by atoms with Crippen molar-refractivity contribution in [2.24, 2.45) is 5.41 Å². The summed E-state index contributed by atoms with van der Waals surface area (Å²) in [6, 6.07) is 4.42. The van der Waals surface area contributed by atoms with E-state index in [4.69, 9.17) is 7.85 Å². The molecule has 0 aliphatic rings. The lowest BCUT2D eigenvalue weighted by Crippen LogP contribution is -2.30. The SMILES string of the molecule is [B]c1c(C)ccc(C(C)C(C)(C)C)c1C(C)(C)C. The Balaban J connectivity index is 3.51. The highest BCUT2D eigenvalue weighted by Gasteiger charge is 2.28. The second kappa shape index (κ2) is 4.76.